The molecule has 0 aromatic heterocycles. The van der Waals surface area contributed by atoms with E-state index in [-0.39, 0.29) is 28.6 Å². The Balaban J connectivity index is 1.79. The van der Waals surface area contributed by atoms with Crippen molar-refractivity contribution in [2.75, 3.05) is 16.4 Å². The minimum Gasteiger partial charge on any atom is -0.325 e. The third-order valence-electron chi connectivity index (χ3n) is 3.05. The minimum absolute atomic E-state index is 0.129. The Labute approximate surface area is 152 Å². The van der Waals surface area contributed by atoms with Gasteiger partial charge in [0.1, 0.15) is 5.82 Å². The van der Waals surface area contributed by atoms with E-state index in [4.69, 9.17) is 0 Å². The molecule has 2 rings (SSSR count). The first-order chi connectivity index (χ1) is 11.4. The Bertz CT molecular complexity index is 725. The van der Waals surface area contributed by atoms with Gasteiger partial charge in [0, 0.05) is 15.8 Å². The molecular weight excluding hydrogens is 395 g/mol. The summed E-state index contributed by atoms with van der Waals surface area (Å²) in [6, 6.07) is 12.8. The number of thioether (sulfide) groups is 1. The van der Waals surface area contributed by atoms with E-state index in [1.54, 1.807) is 19.1 Å². The molecule has 126 valence electrons. The lowest BCUT2D eigenvalue weighted by atomic mass is 10.3. The number of hydrogen-bond donors (Lipinski definition) is 2. The van der Waals surface area contributed by atoms with Gasteiger partial charge < -0.3 is 10.6 Å². The average Bonchev–Trinajstić information content (AvgIpc) is 2.54. The Morgan fingerprint density at radius 1 is 1.12 bits per heavy atom. The van der Waals surface area contributed by atoms with E-state index < -0.39 is 0 Å². The first-order valence-electron chi connectivity index (χ1n) is 7.17. The van der Waals surface area contributed by atoms with Gasteiger partial charge in [0.25, 0.3) is 0 Å². The van der Waals surface area contributed by atoms with Crippen LogP contribution in [0.5, 0.6) is 0 Å². The highest BCUT2D eigenvalue weighted by molar-refractivity contribution is 9.10. The van der Waals surface area contributed by atoms with Crippen molar-refractivity contribution in [3.63, 3.8) is 0 Å². The van der Waals surface area contributed by atoms with E-state index in [0.717, 1.165) is 4.47 Å². The molecule has 2 amide bonds. The maximum absolute atomic E-state index is 12.8. The average molecular weight is 411 g/mol. The molecule has 0 saturated heterocycles. The summed E-state index contributed by atoms with van der Waals surface area (Å²) in [7, 11) is 0. The number of anilines is 2. The van der Waals surface area contributed by atoms with Gasteiger partial charge in [-0.15, -0.1) is 11.8 Å². The van der Waals surface area contributed by atoms with Gasteiger partial charge in [-0.2, -0.15) is 0 Å². The molecule has 0 aliphatic carbocycles. The molecule has 0 bridgehead atoms. The number of nitrogens with one attached hydrogen (secondary N) is 2. The van der Waals surface area contributed by atoms with Gasteiger partial charge in [-0.25, -0.2) is 4.39 Å². The van der Waals surface area contributed by atoms with Crippen molar-refractivity contribution in [2.45, 2.75) is 12.2 Å². The highest BCUT2D eigenvalue weighted by Gasteiger charge is 2.15. The number of hydrogen-bond acceptors (Lipinski definition) is 3. The second-order valence-electron chi connectivity index (χ2n) is 5.01. The number of rotatable bonds is 6. The van der Waals surface area contributed by atoms with Crippen LogP contribution >= 0.6 is 27.7 Å². The van der Waals surface area contributed by atoms with E-state index in [1.807, 2.05) is 12.1 Å². The summed E-state index contributed by atoms with van der Waals surface area (Å²) < 4.78 is 13.7. The molecule has 0 aliphatic rings. The van der Waals surface area contributed by atoms with Gasteiger partial charge in [0.15, 0.2) is 0 Å². The van der Waals surface area contributed by atoms with Crippen LogP contribution in [0.1, 0.15) is 6.92 Å². The normalized spacial score (nSPS) is 11.6. The zero-order valence-electron chi connectivity index (χ0n) is 12.9. The minimum atomic E-state index is -0.386. The lowest BCUT2D eigenvalue weighted by Crippen LogP contribution is -2.25. The van der Waals surface area contributed by atoms with Gasteiger partial charge in [0.05, 0.1) is 11.0 Å². The molecule has 1 unspecified atom stereocenters. The maximum Gasteiger partial charge on any atom is 0.237 e. The molecular formula is C17H16BrFN2O2S. The zero-order chi connectivity index (χ0) is 17.5. The first-order valence-corrected chi connectivity index (χ1v) is 9.01. The molecule has 0 fully saturated rings. The van der Waals surface area contributed by atoms with E-state index in [2.05, 4.69) is 26.6 Å². The fraction of sp³-hybridized carbons (Fsp3) is 0.176. The van der Waals surface area contributed by atoms with E-state index in [9.17, 15) is 14.0 Å². The molecule has 2 N–H and O–H groups in total. The molecule has 1 atom stereocenters. The van der Waals surface area contributed by atoms with E-state index in [1.165, 1.54) is 36.0 Å². The van der Waals surface area contributed by atoms with Gasteiger partial charge in [-0.1, -0.05) is 22.0 Å². The first kappa shape index (κ1) is 18.5. The molecule has 0 spiro atoms. The van der Waals surface area contributed by atoms with Crippen LogP contribution in [0, 0.1) is 5.82 Å². The van der Waals surface area contributed by atoms with Gasteiger partial charge in [0.2, 0.25) is 11.8 Å². The second-order valence-corrected chi connectivity index (χ2v) is 7.25. The molecule has 4 nitrogen and oxygen atoms in total. The summed E-state index contributed by atoms with van der Waals surface area (Å²) in [6.07, 6.45) is 0. The van der Waals surface area contributed by atoms with Crippen LogP contribution in [0.25, 0.3) is 0 Å². The van der Waals surface area contributed by atoms with Crippen LogP contribution in [0.2, 0.25) is 0 Å². The Morgan fingerprint density at radius 3 is 2.50 bits per heavy atom. The van der Waals surface area contributed by atoms with Crippen molar-refractivity contribution >= 4 is 50.9 Å². The van der Waals surface area contributed by atoms with E-state index in [0.29, 0.717) is 11.4 Å². The monoisotopic (exact) mass is 410 g/mol. The zero-order valence-corrected chi connectivity index (χ0v) is 15.3. The second kappa shape index (κ2) is 8.84. The van der Waals surface area contributed by atoms with Gasteiger partial charge >= 0.3 is 0 Å². The maximum atomic E-state index is 12.8. The summed E-state index contributed by atoms with van der Waals surface area (Å²) >= 11 is 4.57. The van der Waals surface area contributed by atoms with Crippen molar-refractivity contribution < 1.29 is 14.0 Å². The van der Waals surface area contributed by atoms with Crippen molar-refractivity contribution in [2.24, 2.45) is 0 Å². The molecule has 0 heterocycles. The quantitative estimate of drug-likeness (QED) is 0.746. The van der Waals surface area contributed by atoms with Crippen LogP contribution in [0.4, 0.5) is 15.8 Å². The molecule has 0 radical (unpaired) electrons. The van der Waals surface area contributed by atoms with Crippen molar-refractivity contribution in [3.8, 4) is 0 Å². The Kier molecular flexibility index (Phi) is 6.81. The van der Waals surface area contributed by atoms with Gasteiger partial charge in [-0.3, -0.25) is 9.59 Å². The standard InChI is InChI=1S/C17H16BrFN2O2S/c1-11(17(23)21-15-4-2-3-12(18)9-15)24-10-16(22)20-14-7-5-13(19)6-8-14/h2-9,11H,10H2,1H3,(H,20,22)(H,21,23). The van der Waals surface area contributed by atoms with Crippen molar-refractivity contribution in [1.29, 1.82) is 0 Å². The number of amides is 2. The van der Waals surface area contributed by atoms with Crippen LogP contribution in [-0.4, -0.2) is 22.8 Å². The molecule has 2 aromatic rings. The molecule has 24 heavy (non-hydrogen) atoms. The molecule has 0 saturated carbocycles. The fourth-order valence-electron chi connectivity index (χ4n) is 1.82. The number of carbonyl (C=O) groups excluding carboxylic acids is 2. The number of carbonyl (C=O) groups is 2. The summed E-state index contributed by atoms with van der Waals surface area (Å²) in [5.41, 5.74) is 1.21. The van der Waals surface area contributed by atoms with Crippen LogP contribution in [0.3, 0.4) is 0 Å². The third-order valence-corrected chi connectivity index (χ3v) is 4.69. The number of halogens is 2. The Morgan fingerprint density at radius 2 is 1.83 bits per heavy atom. The molecule has 2 aromatic carbocycles. The lowest BCUT2D eigenvalue weighted by Gasteiger charge is -2.12. The highest BCUT2D eigenvalue weighted by Crippen LogP contribution is 2.18. The number of benzene rings is 2. The largest absolute Gasteiger partial charge is 0.325 e. The Hall–Kier alpha value is -1.86. The summed E-state index contributed by atoms with van der Waals surface area (Å²) in [4.78, 5) is 24.0. The molecule has 0 aliphatic heterocycles. The predicted octanol–water partition coefficient (Wildman–Crippen LogP) is 4.29. The van der Waals surface area contributed by atoms with Crippen molar-refractivity contribution in [1.82, 2.24) is 0 Å². The lowest BCUT2D eigenvalue weighted by molar-refractivity contribution is -0.115. The fourth-order valence-corrected chi connectivity index (χ4v) is 2.90. The summed E-state index contributed by atoms with van der Waals surface area (Å²) in [5, 5.41) is 5.07. The van der Waals surface area contributed by atoms with Crippen LogP contribution in [-0.2, 0) is 9.59 Å². The predicted molar refractivity (Wildman–Crippen MR) is 99.7 cm³/mol. The van der Waals surface area contributed by atoms with Gasteiger partial charge in [-0.05, 0) is 49.4 Å². The molecule has 7 heteroatoms. The smallest absolute Gasteiger partial charge is 0.237 e. The third kappa shape index (κ3) is 5.98. The SMILES string of the molecule is CC(SCC(=O)Nc1ccc(F)cc1)C(=O)Nc1cccc(Br)c1. The summed E-state index contributed by atoms with van der Waals surface area (Å²) in [6.45, 7) is 1.74. The summed E-state index contributed by atoms with van der Waals surface area (Å²) in [5.74, 6) is -0.647. The van der Waals surface area contributed by atoms with Crippen LogP contribution in [0.15, 0.2) is 53.0 Å². The van der Waals surface area contributed by atoms with Crippen LogP contribution < -0.4 is 10.6 Å². The topological polar surface area (TPSA) is 58.2 Å². The van der Waals surface area contributed by atoms with Crippen molar-refractivity contribution in [3.05, 3.63) is 58.8 Å². The van der Waals surface area contributed by atoms with E-state index >= 15 is 0 Å². The highest BCUT2D eigenvalue weighted by atomic mass is 79.9.